The molecule has 0 spiro atoms. The molecule has 1 atom stereocenters. The molecule has 0 saturated carbocycles. The van der Waals surface area contributed by atoms with Gasteiger partial charge in [-0.1, -0.05) is 23.7 Å². The normalized spacial score (nSPS) is 15.5. The lowest BCUT2D eigenvalue weighted by molar-refractivity contribution is -0.156. The number of anilines is 1. The highest BCUT2D eigenvalue weighted by Crippen LogP contribution is 2.31. The summed E-state index contributed by atoms with van der Waals surface area (Å²) in [6.07, 6.45) is -0.900. The summed E-state index contributed by atoms with van der Waals surface area (Å²) in [5, 5.41) is 3.16. The van der Waals surface area contributed by atoms with Gasteiger partial charge in [0.15, 0.2) is 18.1 Å². The molecule has 1 aliphatic rings. The lowest BCUT2D eigenvalue weighted by Gasteiger charge is -2.24. The maximum atomic E-state index is 12.0. The molecule has 0 radical (unpaired) electrons. The molecule has 0 saturated heterocycles. The van der Waals surface area contributed by atoms with Crippen molar-refractivity contribution in [1.29, 1.82) is 0 Å². The molecule has 0 aromatic heterocycles. The van der Waals surface area contributed by atoms with Crippen LogP contribution in [-0.4, -0.2) is 31.2 Å². The van der Waals surface area contributed by atoms with Crippen LogP contribution in [0.3, 0.4) is 0 Å². The summed E-state index contributed by atoms with van der Waals surface area (Å²) >= 11 is 5.77. The Kier molecular flexibility index (Phi) is 4.86. The summed E-state index contributed by atoms with van der Waals surface area (Å²) in [5.41, 5.74) is 0.562. The second-order valence-corrected chi connectivity index (χ2v) is 5.46. The first-order valence-electron chi connectivity index (χ1n) is 7.22. The Morgan fingerprint density at radius 3 is 2.58 bits per heavy atom. The summed E-state index contributed by atoms with van der Waals surface area (Å²) in [5.74, 6) is -0.0723. The van der Waals surface area contributed by atoms with Crippen LogP contribution in [0.5, 0.6) is 11.5 Å². The zero-order chi connectivity index (χ0) is 16.9. The quantitative estimate of drug-likeness (QED) is 0.861. The molecule has 7 heteroatoms. The fraction of sp³-hybridized carbons (Fsp3) is 0.176. The molecule has 0 bridgehead atoms. The number of halogens is 1. The van der Waals surface area contributed by atoms with Gasteiger partial charge >= 0.3 is 5.97 Å². The van der Waals surface area contributed by atoms with E-state index in [1.165, 1.54) is 0 Å². The number of amides is 1. The third-order valence-corrected chi connectivity index (χ3v) is 3.50. The van der Waals surface area contributed by atoms with Crippen molar-refractivity contribution in [3.63, 3.8) is 0 Å². The van der Waals surface area contributed by atoms with E-state index in [0.717, 1.165) is 0 Å². The van der Waals surface area contributed by atoms with E-state index < -0.39 is 24.6 Å². The number of ether oxygens (including phenoxy) is 3. The van der Waals surface area contributed by atoms with Crippen LogP contribution in [0.1, 0.15) is 0 Å². The molecular weight excluding hydrogens is 334 g/mol. The summed E-state index contributed by atoms with van der Waals surface area (Å²) in [6, 6.07) is 13.6. The number of rotatable bonds is 4. The van der Waals surface area contributed by atoms with Crippen molar-refractivity contribution in [2.75, 3.05) is 18.5 Å². The minimum Gasteiger partial charge on any atom is -0.485 e. The molecule has 1 amide bonds. The van der Waals surface area contributed by atoms with E-state index in [-0.39, 0.29) is 6.61 Å². The van der Waals surface area contributed by atoms with Crippen molar-refractivity contribution in [2.24, 2.45) is 0 Å². The molecule has 3 rings (SSSR count). The summed E-state index contributed by atoms with van der Waals surface area (Å²) < 4.78 is 15.9. The standard InChI is InChI=1S/C17H14ClNO5/c18-11-5-7-12(8-6-11)19-16(20)10-23-17(21)15-9-22-13-3-1-2-4-14(13)24-15/h1-8,15H,9-10H2,(H,19,20)/t15-/m1/s1. The zero-order valence-corrected chi connectivity index (χ0v) is 13.3. The Labute approximate surface area is 143 Å². The summed E-state index contributed by atoms with van der Waals surface area (Å²) in [6.45, 7) is -0.377. The first kappa shape index (κ1) is 16.1. The van der Waals surface area contributed by atoms with Crippen LogP contribution in [0.2, 0.25) is 5.02 Å². The summed E-state index contributed by atoms with van der Waals surface area (Å²) in [4.78, 5) is 23.8. The zero-order valence-electron chi connectivity index (χ0n) is 12.5. The monoisotopic (exact) mass is 347 g/mol. The van der Waals surface area contributed by atoms with Gasteiger partial charge in [0.05, 0.1) is 0 Å². The van der Waals surface area contributed by atoms with Crippen LogP contribution >= 0.6 is 11.6 Å². The largest absolute Gasteiger partial charge is 0.485 e. The highest BCUT2D eigenvalue weighted by Gasteiger charge is 2.29. The molecule has 24 heavy (non-hydrogen) atoms. The minimum atomic E-state index is -0.900. The van der Waals surface area contributed by atoms with Gasteiger partial charge in [0.2, 0.25) is 6.10 Å². The molecule has 0 aliphatic carbocycles. The number of para-hydroxylation sites is 2. The van der Waals surface area contributed by atoms with E-state index in [1.807, 2.05) is 6.07 Å². The number of carbonyl (C=O) groups excluding carboxylic acids is 2. The van der Waals surface area contributed by atoms with Gasteiger partial charge in [-0.25, -0.2) is 4.79 Å². The van der Waals surface area contributed by atoms with E-state index in [0.29, 0.717) is 22.2 Å². The van der Waals surface area contributed by atoms with Gasteiger partial charge in [0.1, 0.15) is 6.61 Å². The number of carbonyl (C=O) groups is 2. The molecule has 2 aromatic rings. The highest BCUT2D eigenvalue weighted by atomic mass is 35.5. The molecule has 1 heterocycles. The average molecular weight is 348 g/mol. The molecule has 0 fully saturated rings. The first-order valence-corrected chi connectivity index (χ1v) is 7.60. The smallest absolute Gasteiger partial charge is 0.351 e. The second kappa shape index (κ2) is 7.23. The maximum Gasteiger partial charge on any atom is 0.351 e. The number of hydrogen-bond acceptors (Lipinski definition) is 5. The maximum absolute atomic E-state index is 12.0. The van der Waals surface area contributed by atoms with Gasteiger partial charge < -0.3 is 19.5 Å². The SMILES string of the molecule is O=C(COC(=O)[C@H]1COc2ccccc2O1)Nc1ccc(Cl)cc1. The number of hydrogen-bond donors (Lipinski definition) is 1. The predicted molar refractivity (Wildman–Crippen MR) is 87.4 cm³/mol. The lowest BCUT2D eigenvalue weighted by Crippen LogP contribution is -2.39. The van der Waals surface area contributed by atoms with Crippen LogP contribution < -0.4 is 14.8 Å². The van der Waals surface area contributed by atoms with Crippen molar-refractivity contribution in [3.05, 3.63) is 53.6 Å². The van der Waals surface area contributed by atoms with Crippen LogP contribution in [0, 0.1) is 0 Å². The van der Waals surface area contributed by atoms with Crippen LogP contribution in [-0.2, 0) is 14.3 Å². The molecule has 6 nitrogen and oxygen atoms in total. The fourth-order valence-electron chi connectivity index (χ4n) is 2.10. The average Bonchev–Trinajstić information content (AvgIpc) is 2.61. The van der Waals surface area contributed by atoms with Crippen molar-refractivity contribution >= 4 is 29.2 Å². The molecule has 1 aliphatic heterocycles. The minimum absolute atomic E-state index is 0.0364. The Morgan fingerprint density at radius 1 is 1.12 bits per heavy atom. The highest BCUT2D eigenvalue weighted by molar-refractivity contribution is 6.30. The Bertz CT molecular complexity index is 747. The molecule has 2 aromatic carbocycles. The van der Waals surface area contributed by atoms with Gasteiger partial charge in [0, 0.05) is 10.7 Å². The van der Waals surface area contributed by atoms with Gasteiger partial charge in [-0.05, 0) is 36.4 Å². The van der Waals surface area contributed by atoms with Gasteiger partial charge in [-0.2, -0.15) is 0 Å². The number of fused-ring (bicyclic) bond motifs is 1. The molecule has 0 unspecified atom stereocenters. The summed E-state index contributed by atoms with van der Waals surface area (Å²) in [7, 11) is 0. The second-order valence-electron chi connectivity index (χ2n) is 5.03. The lowest BCUT2D eigenvalue weighted by atomic mass is 10.2. The van der Waals surface area contributed by atoms with Gasteiger partial charge in [-0.3, -0.25) is 4.79 Å². The van der Waals surface area contributed by atoms with Gasteiger partial charge in [0.25, 0.3) is 5.91 Å². The van der Waals surface area contributed by atoms with Crippen molar-refractivity contribution in [2.45, 2.75) is 6.10 Å². The number of nitrogens with one attached hydrogen (secondary N) is 1. The van der Waals surface area contributed by atoms with E-state index >= 15 is 0 Å². The van der Waals surface area contributed by atoms with E-state index in [4.69, 9.17) is 25.8 Å². The molecule has 124 valence electrons. The van der Waals surface area contributed by atoms with E-state index in [2.05, 4.69) is 5.32 Å². The molecular formula is C17H14ClNO5. The van der Waals surface area contributed by atoms with E-state index in [1.54, 1.807) is 42.5 Å². The predicted octanol–water partition coefficient (Wildman–Crippen LogP) is 2.66. The van der Waals surface area contributed by atoms with Crippen molar-refractivity contribution in [3.8, 4) is 11.5 Å². The van der Waals surface area contributed by atoms with Crippen LogP contribution in [0.15, 0.2) is 48.5 Å². The third kappa shape index (κ3) is 3.97. The molecule has 1 N–H and O–H groups in total. The number of benzene rings is 2. The Morgan fingerprint density at radius 2 is 1.83 bits per heavy atom. The third-order valence-electron chi connectivity index (χ3n) is 3.24. The Hall–Kier alpha value is -2.73. The topological polar surface area (TPSA) is 73.9 Å². The number of esters is 1. The van der Waals surface area contributed by atoms with Gasteiger partial charge in [-0.15, -0.1) is 0 Å². The fourth-order valence-corrected chi connectivity index (χ4v) is 2.22. The van der Waals surface area contributed by atoms with Crippen molar-refractivity contribution < 1.29 is 23.8 Å². The van der Waals surface area contributed by atoms with Crippen LogP contribution in [0.25, 0.3) is 0 Å². The van der Waals surface area contributed by atoms with Crippen LogP contribution in [0.4, 0.5) is 5.69 Å². The Balaban J connectivity index is 1.49. The van der Waals surface area contributed by atoms with Crippen molar-refractivity contribution in [1.82, 2.24) is 0 Å². The van der Waals surface area contributed by atoms with E-state index in [9.17, 15) is 9.59 Å². The first-order chi connectivity index (χ1) is 11.6.